The number of aryl methyl sites for hydroxylation is 2. The lowest BCUT2D eigenvalue weighted by molar-refractivity contribution is -0.141. The van der Waals surface area contributed by atoms with Gasteiger partial charge in [0.25, 0.3) is 0 Å². The lowest BCUT2D eigenvalue weighted by atomic mass is 9.87. The first kappa shape index (κ1) is 32.8. The molecule has 0 aliphatic heterocycles. The molecule has 4 aromatic rings. The highest BCUT2D eigenvalue weighted by Gasteiger charge is 2.43. The van der Waals surface area contributed by atoms with E-state index in [9.17, 15) is 9.90 Å². The van der Waals surface area contributed by atoms with Crippen molar-refractivity contribution in [3.05, 3.63) is 112 Å². The van der Waals surface area contributed by atoms with Crippen LogP contribution in [0.4, 0.5) is 0 Å². The van der Waals surface area contributed by atoms with Crippen molar-refractivity contribution in [3.8, 4) is 0 Å². The number of thiol groups is 1. The third-order valence-corrected chi connectivity index (χ3v) is 9.22. The number of carbonyl (C=O) groups excluding carboxylic acids is 1. The topological polar surface area (TPSA) is 59.4 Å². The number of pyridine rings is 1. The molecule has 0 saturated heterocycles. The average molecular weight is 616 g/mol. The van der Waals surface area contributed by atoms with Crippen LogP contribution in [0.5, 0.6) is 0 Å². The number of aromatic nitrogens is 1. The van der Waals surface area contributed by atoms with Crippen LogP contribution in [0.25, 0.3) is 23.1 Å². The van der Waals surface area contributed by atoms with Gasteiger partial charge in [-0.3, -0.25) is 4.79 Å². The van der Waals surface area contributed by atoms with Gasteiger partial charge in [0.05, 0.1) is 30.3 Å². The lowest BCUT2D eigenvalue weighted by Gasteiger charge is -2.25. The van der Waals surface area contributed by atoms with Gasteiger partial charge in [-0.2, -0.15) is 12.6 Å². The van der Waals surface area contributed by atoms with Gasteiger partial charge in [-0.05, 0) is 103 Å². The van der Waals surface area contributed by atoms with E-state index in [0.717, 1.165) is 65.6 Å². The molecule has 0 radical (unpaired) electrons. The molecule has 5 rings (SSSR count). The molecular weight excluding hydrogens is 574 g/mol. The monoisotopic (exact) mass is 615 g/mol. The van der Waals surface area contributed by atoms with Crippen molar-refractivity contribution >= 4 is 53.3 Å². The van der Waals surface area contributed by atoms with Gasteiger partial charge in [0, 0.05) is 10.4 Å². The molecule has 3 aromatic carbocycles. The van der Waals surface area contributed by atoms with Crippen molar-refractivity contribution in [2.75, 3.05) is 12.9 Å². The minimum Gasteiger partial charge on any atom is -0.469 e. The Hall–Kier alpha value is -3.12. The molecule has 1 fully saturated rings. The zero-order chi connectivity index (χ0) is 30.9. The van der Waals surface area contributed by atoms with Gasteiger partial charge in [-0.1, -0.05) is 85.3 Å². The van der Waals surface area contributed by atoms with Crippen molar-refractivity contribution in [2.45, 2.75) is 64.4 Å². The van der Waals surface area contributed by atoms with E-state index in [1.807, 2.05) is 50.3 Å². The molecule has 0 bridgehead atoms. The Morgan fingerprint density at radius 3 is 2.53 bits per heavy atom. The molecule has 1 aliphatic carbocycles. The fourth-order valence-electron chi connectivity index (χ4n) is 5.12. The van der Waals surface area contributed by atoms with Crippen molar-refractivity contribution in [3.63, 3.8) is 0 Å². The van der Waals surface area contributed by atoms with Gasteiger partial charge in [0.15, 0.2) is 0 Å². The van der Waals surface area contributed by atoms with Crippen molar-refractivity contribution in [2.24, 2.45) is 5.41 Å². The number of benzene rings is 3. The van der Waals surface area contributed by atoms with E-state index in [4.69, 9.17) is 16.6 Å². The molecule has 1 heterocycles. The fourth-order valence-corrected chi connectivity index (χ4v) is 5.71. The van der Waals surface area contributed by atoms with E-state index < -0.39 is 5.60 Å². The van der Waals surface area contributed by atoms with E-state index in [1.165, 1.54) is 18.2 Å². The van der Waals surface area contributed by atoms with Crippen molar-refractivity contribution in [1.29, 1.82) is 0 Å². The number of carbonyl (C=O) groups is 1. The fraction of sp³-hybridized carbons (Fsp3) is 0.351. The summed E-state index contributed by atoms with van der Waals surface area (Å²) in [6.07, 6.45) is 10.7. The normalized spacial score (nSPS) is 15.0. The number of hydrogen-bond donors (Lipinski definition) is 2. The van der Waals surface area contributed by atoms with Gasteiger partial charge < -0.3 is 9.84 Å². The molecule has 226 valence electrons. The van der Waals surface area contributed by atoms with E-state index >= 15 is 0 Å². The van der Waals surface area contributed by atoms with Crippen LogP contribution in [0.15, 0.2) is 78.9 Å². The number of fused-ring (bicyclic) bond motifs is 1. The van der Waals surface area contributed by atoms with Gasteiger partial charge in [-0.15, -0.1) is 0 Å². The first-order chi connectivity index (χ1) is 20.7. The summed E-state index contributed by atoms with van der Waals surface area (Å²) in [4.78, 5) is 15.5. The van der Waals surface area contributed by atoms with Crippen molar-refractivity contribution in [1.82, 2.24) is 4.98 Å². The second-order valence-electron chi connectivity index (χ2n) is 11.7. The van der Waals surface area contributed by atoms with Crippen LogP contribution >= 0.6 is 24.2 Å². The van der Waals surface area contributed by atoms with Crippen LogP contribution in [0.1, 0.15) is 73.9 Å². The molecular formula is C37H42ClNO3S. The second kappa shape index (κ2) is 15.1. The summed E-state index contributed by atoms with van der Waals surface area (Å²) in [6.45, 7) is 3.93. The molecule has 1 saturated carbocycles. The number of aliphatic hydroxyl groups is 1. The van der Waals surface area contributed by atoms with Gasteiger partial charge in [-0.25, -0.2) is 4.98 Å². The molecule has 1 aromatic heterocycles. The summed E-state index contributed by atoms with van der Waals surface area (Å²) < 4.78 is 4.56. The van der Waals surface area contributed by atoms with Crippen LogP contribution in [0.3, 0.4) is 0 Å². The van der Waals surface area contributed by atoms with Crippen LogP contribution in [-0.4, -0.2) is 28.9 Å². The number of ether oxygens (including phenoxy) is 1. The first-order valence-corrected chi connectivity index (χ1v) is 16.0. The molecule has 43 heavy (non-hydrogen) atoms. The zero-order valence-electron chi connectivity index (χ0n) is 25.4. The Kier molecular flexibility index (Phi) is 11.5. The molecule has 4 nitrogen and oxygen atoms in total. The number of hydrogen-bond acceptors (Lipinski definition) is 5. The van der Waals surface area contributed by atoms with Crippen LogP contribution < -0.4 is 0 Å². The largest absolute Gasteiger partial charge is 0.469 e. The highest BCUT2D eigenvalue weighted by molar-refractivity contribution is 7.80. The summed E-state index contributed by atoms with van der Waals surface area (Å²) in [5.74, 6) is 0.703. The minimum absolute atomic E-state index is 0.105. The van der Waals surface area contributed by atoms with Crippen molar-refractivity contribution < 1.29 is 14.6 Å². The predicted molar refractivity (Wildman–Crippen MR) is 183 cm³/mol. The Bertz CT molecular complexity index is 1560. The molecule has 1 N–H and O–H groups in total. The zero-order valence-corrected chi connectivity index (χ0v) is 27.0. The maximum Gasteiger partial charge on any atom is 0.306 e. The summed E-state index contributed by atoms with van der Waals surface area (Å²) in [7, 11) is 1.43. The summed E-state index contributed by atoms with van der Waals surface area (Å²) in [5.41, 5.74) is 6.01. The van der Waals surface area contributed by atoms with Crippen LogP contribution in [-0.2, 0) is 28.0 Å². The van der Waals surface area contributed by atoms with E-state index in [0.29, 0.717) is 17.9 Å². The Labute approximate surface area is 266 Å². The summed E-state index contributed by atoms with van der Waals surface area (Å²) >= 11 is 10.3. The number of halogens is 1. The maximum atomic E-state index is 10.8. The van der Waals surface area contributed by atoms with Gasteiger partial charge in [0.2, 0.25) is 0 Å². The van der Waals surface area contributed by atoms with E-state index in [-0.39, 0.29) is 11.4 Å². The van der Waals surface area contributed by atoms with Gasteiger partial charge >= 0.3 is 5.97 Å². The Balaban J connectivity index is 0.000000359. The van der Waals surface area contributed by atoms with E-state index in [1.54, 1.807) is 0 Å². The number of esters is 1. The standard InChI is InChI=1S/C30H30ClNO.C7H12O2S/c1-3-30(2,33)28-13-5-4-11-24(28)12-7-10-22-8-6-9-23(20-22)14-18-27-19-16-25-15-17-26(31)21-29(25)32-27;1-9-6(8)4-7(5-10)2-3-7/h4-6,8-9,11,13-21,33H,3,7,10,12H2,1-2H3;10H,2-5H2,1H3/b18-14+;. The Morgan fingerprint density at radius 2 is 1.81 bits per heavy atom. The smallest absolute Gasteiger partial charge is 0.306 e. The molecule has 0 spiro atoms. The lowest BCUT2D eigenvalue weighted by Crippen LogP contribution is -2.21. The third-order valence-electron chi connectivity index (χ3n) is 8.31. The molecule has 1 aliphatic rings. The average Bonchev–Trinajstić information content (AvgIpc) is 3.80. The number of nitrogens with zero attached hydrogens (tertiary/aromatic N) is 1. The van der Waals surface area contributed by atoms with Crippen LogP contribution in [0.2, 0.25) is 5.02 Å². The summed E-state index contributed by atoms with van der Waals surface area (Å²) in [6, 6.07) is 26.8. The van der Waals surface area contributed by atoms with Gasteiger partial charge in [0.1, 0.15) is 0 Å². The molecule has 0 amide bonds. The molecule has 1 atom stereocenters. The maximum absolute atomic E-state index is 10.8. The quantitative estimate of drug-likeness (QED) is 0.130. The predicted octanol–water partition coefficient (Wildman–Crippen LogP) is 9.11. The molecule has 1 unspecified atom stereocenters. The minimum atomic E-state index is -0.774. The second-order valence-corrected chi connectivity index (χ2v) is 12.5. The van der Waals surface area contributed by atoms with Crippen LogP contribution in [0, 0.1) is 5.41 Å². The first-order valence-electron chi connectivity index (χ1n) is 15.0. The van der Waals surface area contributed by atoms with E-state index in [2.05, 4.69) is 72.0 Å². The highest BCUT2D eigenvalue weighted by atomic mass is 35.5. The summed E-state index contributed by atoms with van der Waals surface area (Å²) in [5, 5.41) is 12.5. The third kappa shape index (κ3) is 9.43. The Morgan fingerprint density at radius 1 is 1.05 bits per heavy atom. The number of methoxy groups -OCH3 is 1. The SMILES string of the molecule is CCC(C)(O)c1ccccc1CCCc1cccc(/C=C/c2ccc3ccc(Cl)cc3n2)c1.COC(=O)CC1(CS)CC1. The highest BCUT2D eigenvalue weighted by Crippen LogP contribution is 2.49. The number of rotatable bonds is 11. The molecule has 6 heteroatoms.